The summed E-state index contributed by atoms with van der Waals surface area (Å²) in [5.74, 6) is 0.425. The zero-order valence-corrected chi connectivity index (χ0v) is 10.3. The SMILES string of the molecule is CC(C)c1cc(Cl)cc2ccn(CCO)c12. The first kappa shape index (κ1) is 11.5. The van der Waals surface area contributed by atoms with E-state index in [0.717, 1.165) is 10.4 Å². The van der Waals surface area contributed by atoms with Crippen molar-refractivity contribution in [3.8, 4) is 0 Å². The third-order valence-electron chi connectivity index (χ3n) is 2.82. The van der Waals surface area contributed by atoms with Gasteiger partial charge in [-0.1, -0.05) is 25.4 Å². The topological polar surface area (TPSA) is 25.2 Å². The van der Waals surface area contributed by atoms with Crippen LogP contribution in [0.15, 0.2) is 24.4 Å². The van der Waals surface area contributed by atoms with E-state index in [0.29, 0.717) is 12.5 Å². The summed E-state index contributed by atoms with van der Waals surface area (Å²) >= 11 is 6.10. The summed E-state index contributed by atoms with van der Waals surface area (Å²) < 4.78 is 2.08. The lowest BCUT2D eigenvalue weighted by Crippen LogP contribution is -2.02. The molecule has 2 aromatic rings. The number of benzene rings is 1. The summed E-state index contributed by atoms with van der Waals surface area (Å²) in [6, 6.07) is 6.03. The fraction of sp³-hybridized carbons (Fsp3) is 0.385. The Balaban J connectivity index is 2.69. The summed E-state index contributed by atoms with van der Waals surface area (Å²) in [6.07, 6.45) is 2.00. The van der Waals surface area contributed by atoms with Gasteiger partial charge in [0.05, 0.1) is 12.1 Å². The number of aliphatic hydroxyl groups is 1. The number of aromatic nitrogens is 1. The highest BCUT2D eigenvalue weighted by Gasteiger charge is 2.10. The van der Waals surface area contributed by atoms with Gasteiger partial charge in [0.25, 0.3) is 0 Å². The van der Waals surface area contributed by atoms with Crippen LogP contribution in [-0.2, 0) is 6.54 Å². The van der Waals surface area contributed by atoms with Crippen LogP contribution >= 0.6 is 11.6 Å². The molecule has 1 N–H and O–H groups in total. The van der Waals surface area contributed by atoms with Crippen LogP contribution < -0.4 is 0 Å². The minimum Gasteiger partial charge on any atom is -0.395 e. The second-order valence-corrected chi connectivity index (χ2v) is 4.76. The molecule has 1 aromatic heterocycles. The maximum atomic E-state index is 9.03. The monoisotopic (exact) mass is 237 g/mol. The van der Waals surface area contributed by atoms with Crippen LogP contribution in [0.5, 0.6) is 0 Å². The van der Waals surface area contributed by atoms with Gasteiger partial charge in [-0.25, -0.2) is 0 Å². The molecule has 0 amide bonds. The molecule has 86 valence electrons. The Hall–Kier alpha value is -0.990. The maximum Gasteiger partial charge on any atom is 0.0610 e. The van der Waals surface area contributed by atoms with Gasteiger partial charge in [0, 0.05) is 23.2 Å². The summed E-state index contributed by atoms with van der Waals surface area (Å²) in [5.41, 5.74) is 2.43. The largest absolute Gasteiger partial charge is 0.395 e. The second-order valence-electron chi connectivity index (χ2n) is 4.32. The number of fused-ring (bicyclic) bond motifs is 1. The van der Waals surface area contributed by atoms with Crippen molar-refractivity contribution in [2.75, 3.05) is 6.61 Å². The van der Waals surface area contributed by atoms with E-state index in [1.54, 1.807) is 0 Å². The molecule has 3 heteroatoms. The predicted molar refractivity (Wildman–Crippen MR) is 68.1 cm³/mol. The van der Waals surface area contributed by atoms with Gasteiger partial charge in [-0.15, -0.1) is 0 Å². The number of hydrogen-bond donors (Lipinski definition) is 1. The van der Waals surface area contributed by atoms with Gasteiger partial charge in [-0.05, 0) is 29.7 Å². The standard InChI is InChI=1S/C13H16ClNO/c1-9(2)12-8-11(14)7-10-3-4-15(5-6-16)13(10)12/h3-4,7-9,16H,5-6H2,1-2H3. The smallest absolute Gasteiger partial charge is 0.0610 e. The summed E-state index contributed by atoms with van der Waals surface area (Å²) in [5, 5.41) is 11.0. The van der Waals surface area contributed by atoms with E-state index in [1.807, 2.05) is 24.4 Å². The molecule has 16 heavy (non-hydrogen) atoms. The van der Waals surface area contributed by atoms with Gasteiger partial charge >= 0.3 is 0 Å². The minimum atomic E-state index is 0.157. The normalized spacial score (nSPS) is 11.6. The zero-order chi connectivity index (χ0) is 11.7. The lowest BCUT2D eigenvalue weighted by molar-refractivity contribution is 0.278. The number of aliphatic hydroxyl groups excluding tert-OH is 1. The van der Waals surface area contributed by atoms with Crippen LogP contribution in [0.1, 0.15) is 25.3 Å². The average molecular weight is 238 g/mol. The first-order valence-corrected chi connectivity index (χ1v) is 5.90. The predicted octanol–water partition coefficient (Wildman–Crippen LogP) is 3.41. The molecule has 1 aromatic carbocycles. The van der Waals surface area contributed by atoms with Crippen molar-refractivity contribution in [1.82, 2.24) is 4.57 Å². The molecule has 0 aliphatic carbocycles. The zero-order valence-electron chi connectivity index (χ0n) is 9.57. The van der Waals surface area contributed by atoms with E-state index in [1.165, 1.54) is 11.1 Å². The molecule has 2 nitrogen and oxygen atoms in total. The van der Waals surface area contributed by atoms with Crippen molar-refractivity contribution >= 4 is 22.5 Å². The molecule has 1 heterocycles. The molecule has 0 aliphatic rings. The molecule has 0 unspecified atom stereocenters. The molecule has 0 atom stereocenters. The molecule has 2 rings (SSSR count). The van der Waals surface area contributed by atoms with Crippen LogP contribution in [0.2, 0.25) is 5.02 Å². The quantitative estimate of drug-likeness (QED) is 0.870. The van der Waals surface area contributed by atoms with E-state index < -0.39 is 0 Å². The van der Waals surface area contributed by atoms with Crippen molar-refractivity contribution in [3.63, 3.8) is 0 Å². The molecule has 0 bridgehead atoms. The first-order valence-electron chi connectivity index (χ1n) is 5.52. The molecular formula is C13H16ClNO. The second kappa shape index (κ2) is 4.48. The number of hydrogen-bond acceptors (Lipinski definition) is 1. The van der Waals surface area contributed by atoms with Gasteiger partial charge in [0.2, 0.25) is 0 Å². The van der Waals surface area contributed by atoms with E-state index in [-0.39, 0.29) is 6.61 Å². The van der Waals surface area contributed by atoms with Crippen LogP contribution in [-0.4, -0.2) is 16.3 Å². The Bertz CT molecular complexity index is 502. The minimum absolute atomic E-state index is 0.157. The number of rotatable bonds is 3. The van der Waals surface area contributed by atoms with Crippen LogP contribution in [0, 0.1) is 0 Å². The Morgan fingerprint density at radius 1 is 1.38 bits per heavy atom. The Morgan fingerprint density at radius 3 is 2.75 bits per heavy atom. The van der Waals surface area contributed by atoms with Crippen molar-refractivity contribution in [1.29, 1.82) is 0 Å². The fourth-order valence-corrected chi connectivity index (χ4v) is 2.31. The van der Waals surface area contributed by atoms with Gasteiger partial charge in [-0.2, -0.15) is 0 Å². The molecule has 0 aliphatic heterocycles. The van der Waals surface area contributed by atoms with Gasteiger partial charge in [0.15, 0.2) is 0 Å². The summed E-state index contributed by atoms with van der Waals surface area (Å²) in [6.45, 7) is 5.09. The van der Waals surface area contributed by atoms with Crippen LogP contribution in [0.3, 0.4) is 0 Å². The van der Waals surface area contributed by atoms with Crippen molar-refractivity contribution in [2.24, 2.45) is 0 Å². The first-order chi connectivity index (χ1) is 7.63. The van der Waals surface area contributed by atoms with Crippen LogP contribution in [0.4, 0.5) is 0 Å². The average Bonchev–Trinajstić information content (AvgIpc) is 2.60. The number of nitrogens with zero attached hydrogens (tertiary/aromatic N) is 1. The van der Waals surface area contributed by atoms with Crippen molar-refractivity contribution in [3.05, 3.63) is 35.0 Å². The van der Waals surface area contributed by atoms with E-state index >= 15 is 0 Å². The molecule has 0 saturated heterocycles. The van der Waals surface area contributed by atoms with E-state index in [2.05, 4.69) is 18.4 Å². The highest BCUT2D eigenvalue weighted by Crippen LogP contribution is 2.30. The molecule has 0 fully saturated rings. The van der Waals surface area contributed by atoms with E-state index in [4.69, 9.17) is 16.7 Å². The van der Waals surface area contributed by atoms with E-state index in [9.17, 15) is 0 Å². The Kier molecular flexibility index (Phi) is 3.22. The van der Waals surface area contributed by atoms with Gasteiger partial charge in [-0.3, -0.25) is 0 Å². The highest BCUT2D eigenvalue weighted by atomic mass is 35.5. The lowest BCUT2D eigenvalue weighted by atomic mass is 10.0. The van der Waals surface area contributed by atoms with Crippen molar-refractivity contribution in [2.45, 2.75) is 26.3 Å². The Labute approximate surface area is 100 Å². The van der Waals surface area contributed by atoms with Crippen LogP contribution in [0.25, 0.3) is 10.9 Å². The van der Waals surface area contributed by atoms with Gasteiger partial charge in [0.1, 0.15) is 0 Å². The molecular weight excluding hydrogens is 222 g/mol. The Morgan fingerprint density at radius 2 is 2.12 bits per heavy atom. The molecule has 0 saturated carbocycles. The molecule has 0 spiro atoms. The fourth-order valence-electron chi connectivity index (χ4n) is 2.08. The van der Waals surface area contributed by atoms with Crippen molar-refractivity contribution < 1.29 is 5.11 Å². The molecule has 0 radical (unpaired) electrons. The lowest BCUT2D eigenvalue weighted by Gasteiger charge is -2.12. The van der Waals surface area contributed by atoms with Gasteiger partial charge < -0.3 is 9.67 Å². The number of halogens is 1. The third-order valence-corrected chi connectivity index (χ3v) is 3.04. The third kappa shape index (κ3) is 1.95. The summed E-state index contributed by atoms with van der Waals surface area (Å²) in [7, 11) is 0. The summed E-state index contributed by atoms with van der Waals surface area (Å²) in [4.78, 5) is 0. The maximum absolute atomic E-state index is 9.03. The highest BCUT2D eigenvalue weighted by molar-refractivity contribution is 6.31.